The molecule has 5 nitrogen and oxygen atoms in total. The second-order valence-corrected chi connectivity index (χ2v) is 6.55. The molecule has 0 radical (unpaired) electrons. The van der Waals surface area contributed by atoms with Gasteiger partial charge >= 0.3 is 0 Å². The van der Waals surface area contributed by atoms with Crippen molar-refractivity contribution in [3.05, 3.63) is 17.7 Å². The van der Waals surface area contributed by atoms with Crippen molar-refractivity contribution in [2.45, 2.75) is 40.0 Å². The number of amides is 1. The van der Waals surface area contributed by atoms with Crippen LogP contribution in [0.25, 0.3) is 0 Å². The largest absolute Gasteiger partial charge is 0.385 e. The highest BCUT2D eigenvalue weighted by Gasteiger charge is 2.28. The molecule has 21 heavy (non-hydrogen) atoms. The Balaban J connectivity index is 2.30. The zero-order chi connectivity index (χ0) is 15.6. The molecule has 0 saturated carbocycles. The first kappa shape index (κ1) is 15.7. The van der Waals surface area contributed by atoms with E-state index in [1.54, 1.807) is 13.2 Å². The Hall–Kier alpha value is -1.65. The minimum atomic E-state index is 0.0158. The molecule has 0 bridgehead atoms. The van der Waals surface area contributed by atoms with Crippen LogP contribution in [0.3, 0.4) is 0 Å². The van der Waals surface area contributed by atoms with Crippen LogP contribution in [-0.2, 0) is 0 Å². The SMILES string of the molecule is CNc1cnc(C(C)C)nc1C(=O)N1CC(C)CC(C)C1. The van der Waals surface area contributed by atoms with E-state index in [0.717, 1.165) is 18.9 Å². The Labute approximate surface area is 127 Å². The molecule has 1 aliphatic heterocycles. The first-order valence-corrected chi connectivity index (χ1v) is 7.76. The number of piperidine rings is 1. The summed E-state index contributed by atoms with van der Waals surface area (Å²) in [4.78, 5) is 23.6. The van der Waals surface area contributed by atoms with Gasteiger partial charge in [0.25, 0.3) is 5.91 Å². The Morgan fingerprint density at radius 3 is 2.48 bits per heavy atom. The average molecular weight is 290 g/mol. The molecule has 1 aromatic rings. The number of carbonyl (C=O) groups is 1. The van der Waals surface area contributed by atoms with Crippen LogP contribution < -0.4 is 5.32 Å². The van der Waals surface area contributed by atoms with Crippen molar-refractivity contribution in [3.8, 4) is 0 Å². The first-order chi connectivity index (χ1) is 9.92. The molecule has 1 amide bonds. The summed E-state index contributed by atoms with van der Waals surface area (Å²) in [5.41, 5.74) is 1.20. The maximum atomic E-state index is 12.8. The van der Waals surface area contributed by atoms with E-state index in [1.165, 1.54) is 6.42 Å². The minimum Gasteiger partial charge on any atom is -0.385 e. The van der Waals surface area contributed by atoms with Crippen LogP contribution in [0.4, 0.5) is 5.69 Å². The predicted octanol–water partition coefficient (Wildman–Crippen LogP) is 2.76. The van der Waals surface area contributed by atoms with Gasteiger partial charge in [-0.3, -0.25) is 4.79 Å². The summed E-state index contributed by atoms with van der Waals surface area (Å²) >= 11 is 0. The molecule has 2 rings (SSSR count). The van der Waals surface area contributed by atoms with Crippen LogP contribution >= 0.6 is 0 Å². The molecule has 1 fully saturated rings. The number of anilines is 1. The molecule has 2 heterocycles. The van der Waals surface area contributed by atoms with Gasteiger partial charge in [0, 0.05) is 26.1 Å². The van der Waals surface area contributed by atoms with E-state index in [0.29, 0.717) is 23.2 Å². The molecule has 116 valence electrons. The second kappa shape index (κ2) is 6.41. The Bertz CT molecular complexity index is 505. The van der Waals surface area contributed by atoms with Gasteiger partial charge in [0.15, 0.2) is 5.69 Å². The highest BCUT2D eigenvalue weighted by atomic mass is 16.2. The molecule has 1 saturated heterocycles. The van der Waals surface area contributed by atoms with E-state index in [2.05, 4.69) is 29.1 Å². The first-order valence-electron chi connectivity index (χ1n) is 7.76. The maximum absolute atomic E-state index is 12.8. The molecular formula is C16H26N4O. The van der Waals surface area contributed by atoms with Gasteiger partial charge in [0.1, 0.15) is 5.82 Å². The zero-order valence-electron chi connectivity index (χ0n) is 13.7. The van der Waals surface area contributed by atoms with Gasteiger partial charge in [-0.25, -0.2) is 9.97 Å². The van der Waals surface area contributed by atoms with E-state index in [1.807, 2.05) is 18.7 Å². The molecule has 1 aromatic heterocycles. The lowest BCUT2D eigenvalue weighted by Crippen LogP contribution is -2.43. The van der Waals surface area contributed by atoms with Crippen molar-refractivity contribution in [1.82, 2.24) is 14.9 Å². The topological polar surface area (TPSA) is 58.1 Å². The summed E-state index contributed by atoms with van der Waals surface area (Å²) in [6.45, 7) is 10.1. The van der Waals surface area contributed by atoms with Gasteiger partial charge in [-0.05, 0) is 18.3 Å². The fraction of sp³-hybridized carbons (Fsp3) is 0.688. The third-order valence-electron chi connectivity index (χ3n) is 3.95. The Morgan fingerprint density at radius 1 is 1.33 bits per heavy atom. The summed E-state index contributed by atoms with van der Waals surface area (Å²) in [5, 5.41) is 3.03. The zero-order valence-corrected chi connectivity index (χ0v) is 13.7. The van der Waals surface area contributed by atoms with Crippen molar-refractivity contribution < 1.29 is 4.79 Å². The smallest absolute Gasteiger partial charge is 0.274 e. The summed E-state index contributed by atoms with van der Waals surface area (Å²) in [7, 11) is 1.80. The lowest BCUT2D eigenvalue weighted by Gasteiger charge is -2.35. The maximum Gasteiger partial charge on any atom is 0.274 e. The number of aromatic nitrogens is 2. The summed E-state index contributed by atoms with van der Waals surface area (Å²) in [5.74, 6) is 2.03. The average Bonchev–Trinajstić information content (AvgIpc) is 2.44. The molecule has 0 aliphatic carbocycles. The van der Waals surface area contributed by atoms with Crippen LogP contribution in [0.2, 0.25) is 0 Å². The number of carbonyl (C=O) groups excluding carboxylic acids is 1. The highest BCUT2D eigenvalue weighted by Crippen LogP contribution is 2.24. The van der Waals surface area contributed by atoms with Gasteiger partial charge in [-0.1, -0.05) is 27.7 Å². The fourth-order valence-corrected chi connectivity index (χ4v) is 3.00. The number of likely N-dealkylation sites (tertiary alicyclic amines) is 1. The van der Waals surface area contributed by atoms with Crippen molar-refractivity contribution in [3.63, 3.8) is 0 Å². The Kier molecular flexibility index (Phi) is 4.80. The number of hydrogen-bond acceptors (Lipinski definition) is 4. The molecule has 5 heteroatoms. The summed E-state index contributed by atoms with van der Waals surface area (Å²) in [6, 6.07) is 0. The van der Waals surface area contributed by atoms with Crippen molar-refractivity contribution in [1.29, 1.82) is 0 Å². The molecular weight excluding hydrogens is 264 g/mol. The van der Waals surface area contributed by atoms with Crippen LogP contribution in [0.1, 0.15) is 56.3 Å². The third-order valence-corrected chi connectivity index (χ3v) is 3.95. The van der Waals surface area contributed by atoms with Gasteiger partial charge in [0.2, 0.25) is 0 Å². The molecule has 1 N–H and O–H groups in total. The number of rotatable bonds is 3. The Morgan fingerprint density at radius 2 is 1.95 bits per heavy atom. The number of nitrogens with one attached hydrogen (secondary N) is 1. The van der Waals surface area contributed by atoms with Crippen LogP contribution in [0.5, 0.6) is 0 Å². The lowest BCUT2D eigenvalue weighted by atomic mass is 9.91. The van der Waals surface area contributed by atoms with Crippen molar-refractivity contribution >= 4 is 11.6 Å². The van der Waals surface area contributed by atoms with E-state index in [9.17, 15) is 4.79 Å². The van der Waals surface area contributed by atoms with E-state index in [4.69, 9.17) is 0 Å². The second-order valence-electron chi connectivity index (χ2n) is 6.55. The van der Waals surface area contributed by atoms with E-state index in [-0.39, 0.29) is 11.8 Å². The van der Waals surface area contributed by atoms with Gasteiger partial charge in [-0.15, -0.1) is 0 Å². The van der Waals surface area contributed by atoms with Crippen LogP contribution in [0.15, 0.2) is 6.20 Å². The quantitative estimate of drug-likeness (QED) is 0.930. The minimum absolute atomic E-state index is 0.0158. The van der Waals surface area contributed by atoms with Crippen molar-refractivity contribution in [2.24, 2.45) is 11.8 Å². The van der Waals surface area contributed by atoms with Gasteiger partial charge < -0.3 is 10.2 Å². The summed E-state index contributed by atoms with van der Waals surface area (Å²) in [6.07, 6.45) is 2.90. The molecule has 2 unspecified atom stereocenters. The molecule has 1 aliphatic rings. The number of nitrogens with zero attached hydrogens (tertiary/aromatic N) is 3. The van der Waals surface area contributed by atoms with Crippen LogP contribution in [-0.4, -0.2) is 40.9 Å². The van der Waals surface area contributed by atoms with Gasteiger partial charge in [0.05, 0.1) is 11.9 Å². The normalized spacial score (nSPS) is 22.5. The third kappa shape index (κ3) is 3.52. The van der Waals surface area contributed by atoms with E-state index >= 15 is 0 Å². The highest BCUT2D eigenvalue weighted by molar-refractivity contribution is 5.97. The van der Waals surface area contributed by atoms with Crippen molar-refractivity contribution in [2.75, 3.05) is 25.5 Å². The fourth-order valence-electron chi connectivity index (χ4n) is 3.00. The lowest BCUT2D eigenvalue weighted by molar-refractivity contribution is 0.0617. The molecule has 2 atom stereocenters. The van der Waals surface area contributed by atoms with Gasteiger partial charge in [-0.2, -0.15) is 0 Å². The number of hydrogen-bond donors (Lipinski definition) is 1. The predicted molar refractivity (Wildman–Crippen MR) is 84.5 cm³/mol. The van der Waals surface area contributed by atoms with Crippen LogP contribution in [0, 0.1) is 11.8 Å². The molecule has 0 spiro atoms. The van der Waals surface area contributed by atoms with E-state index < -0.39 is 0 Å². The summed E-state index contributed by atoms with van der Waals surface area (Å²) < 4.78 is 0. The monoisotopic (exact) mass is 290 g/mol. The standard InChI is InChI=1S/C16H26N4O/c1-10(2)15-18-7-13(17-5)14(19-15)16(21)20-8-11(3)6-12(4)9-20/h7,10-12,17H,6,8-9H2,1-5H3. The molecule has 0 aromatic carbocycles.